The minimum atomic E-state index is 0.0386. The average Bonchev–Trinajstić information content (AvgIpc) is 3.33. The van der Waals surface area contributed by atoms with E-state index in [-0.39, 0.29) is 11.9 Å². The van der Waals surface area contributed by atoms with E-state index < -0.39 is 0 Å². The van der Waals surface area contributed by atoms with Crippen molar-refractivity contribution >= 4 is 11.6 Å². The molecule has 2 aromatic rings. The van der Waals surface area contributed by atoms with Gasteiger partial charge in [-0.2, -0.15) is 5.10 Å². The molecule has 0 aliphatic carbocycles. The van der Waals surface area contributed by atoms with Crippen molar-refractivity contribution in [2.24, 2.45) is 7.05 Å². The van der Waals surface area contributed by atoms with Gasteiger partial charge in [0.05, 0.1) is 26.0 Å². The first kappa shape index (κ1) is 19.1. The first-order valence-corrected chi connectivity index (χ1v) is 10.1. The number of aromatic nitrogens is 2. The molecule has 7 heteroatoms. The molecule has 28 heavy (non-hydrogen) atoms. The van der Waals surface area contributed by atoms with Crippen LogP contribution < -0.4 is 5.32 Å². The van der Waals surface area contributed by atoms with Gasteiger partial charge in [-0.3, -0.25) is 19.3 Å². The smallest absolute Gasteiger partial charge is 0.238 e. The minimum Gasteiger partial charge on any atom is -0.379 e. The molecule has 2 aliphatic rings. The Morgan fingerprint density at radius 2 is 2.00 bits per heavy atom. The number of amides is 1. The van der Waals surface area contributed by atoms with E-state index in [1.165, 1.54) is 11.1 Å². The van der Waals surface area contributed by atoms with Gasteiger partial charge in [0.15, 0.2) is 0 Å². The number of nitrogens with zero attached hydrogens (tertiary/aromatic N) is 4. The lowest BCUT2D eigenvalue weighted by atomic mass is 10.1. The molecule has 1 unspecified atom stereocenters. The van der Waals surface area contributed by atoms with E-state index in [1.807, 2.05) is 36.3 Å². The van der Waals surface area contributed by atoms with Crippen LogP contribution in [0.15, 0.2) is 36.7 Å². The van der Waals surface area contributed by atoms with Gasteiger partial charge in [-0.1, -0.05) is 12.1 Å². The molecule has 3 heterocycles. The lowest BCUT2D eigenvalue weighted by Crippen LogP contribution is -2.35. The van der Waals surface area contributed by atoms with E-state index in [1.54, 1.807) is 0 Å². The van der Waals surface area contributed by atoms with Crippen LogP contribution in [0, 0.1) is 0 Å². The van der Waals surface area contributed by atoms with Crippen LogP contribution in [0.3, 0.4) is 0 Å². The maximum atomic E-state index is 12.6. The van der Waals surface area contributed by atoms with Gasteiger partial charge in [-0.15, -0.1) is 0 Å². The van der Waals surface area contributed by atoms with Crippen LogP contribution in [0.25, 0.3) is 0 Å². The molecule has 7 nitrogen and oxygen atoms in total. The fourth-order valence-electron chi connectivity index (χ4n) is 4.10. The predicted molar refractivity (Wildman–Crippen MR) is 108 cm³/mol. The third-order valence-electron chi connectivity index (χ3n) is 5.57. The number of anilines is 1. The third kappa shape index (κ3) is 4.79. The number of morpholine rings is 1. The van der Waals surface area contributed by atoms with Crippen LogP contribution in [-0.4, -0.2) is 64.9 Å². The molecule has 4 rings (SSSR count). The zero-order chi connectivity index (χ0) is 19.3. The second-order valence-corrected chi connectivity index (χ2v) is 7.71. The molecule has 1 aromatic carbocycles. The molecule has 0 saturated carbocycles. The molecular formula is C21H29N5O2. The number of ether oxygens (including phenoxy) is 1. The second kappa shape index (κ2) is 8.86. The maximum Gasteiger partial charge on any atom is 0.238 e. The molecule has 0 spiro atoms. The van der Waals surface area contributed by atoms with Crippen LogP contribution in [0.5, 0.6) is 0 Å². The fraction of sp³-hybridized carbons (Fsp3) is 0.524. The molecule has 0 bridgehead atoms. The third-order valence-corrected chi connectivity index (χ3v) is 5.57. The molecular weight excluding hydrogens is 354 g/mol. The van der Waals surface area contributed by atoms with Crippen molar-refractivity contribution in [3.8, 4) is 0 Å². The number of hydrogen-bond acceptors (Lipinski definition) is 5. The Balaban J connectivity index is 1.29. The summed E-state index contributed by atoms with van der Waals surface area (Å²) in [5.41, 5.74) is 3.31. The standard InChI is InChI=1S/C21H29N5O2/c1-24-15-18(13-22-24)20-3-2-8-26(20)16-21(27)23-19-6-4-17(5-7-19)14-25-9-11-28-12-10-25/h4-7,13,15,20H,2-3,8-12,14,16H2,1H3,(H,23,27). The van der Waals surface area contributed by atoms with Gasteiger partial charge in [-0.25, -0.2) is 0 Å². The zero-order valence-electron chi connectivity index (χ0n) is 16.5. The van der Waals surface area contributed by atoms with Crippen molar-refractivity contribution < 1.29 is 9.53 Å². The number of carbonyl (C=O) groups excluding carboxylic acids is 1. The molecule has 1 aromatic heterocycles. The number of carbonyl (C=O) groups is 1. The van der Waals surface area contributed by atoms with Gasteiger partial charge in [-0.05, 0) is 37.1 Å². The van der Waals surface area contributed by atoms with Crippen LogP contribution in [0.4, 0.5) is 5.69 Å². The van der Waals surface area contributed by atoms with E-state index in [2.05, 4.69) is 32.3 Å². The zero-order valence-corrected chi connectivity index (χ0v) is 16.5. The highest BCUT2D eigenvalue weighted by molar-refractivity contribution is 5.92. The number of benzene rings is 1. The van der Waals surface area contributed by atoms with Gasteiger partial charge in [0.2, 0.25) is 5.91 Å². The van der Waals surface area contributed by atoms with Gasteiger partial charge >= 0.3 is 0 Å². The van der Waals surface area contributed by atoms with E-state index in [4.69, 9.17) is 4.74 Å². The van der Waals surface area contributed by atoms with E-state index >= 15 is 0 Å². The fourth-order valence-corrected chi connectivity index (χ4v) is 4.10. The second-order valence-electron chi connectivity index (χ2n) is 7.71. The largest absolute Gasteiger partial charge is 0.379 e. The summed E-state index contributed by atoms with van der Waals surface area (Å²) in [5.74, 6) is 0.0386. The highest BCUT2D eigenvalue weighted by Gasteiger charge is 2.28. The van der Waals surface area contributed by atoms with Crippen molar-refractivity contribution in [2.45, 2.75) is 25.4 Å². The van der Waals surface area contributed by atoms with Crippen LogP contribution in [-0.2, 0) is 23.1 Å². The molecule has 1 atom stereocenters. The predicted octanol–water partition coefficient (Wildman–Crippen LogP) is 2.03. The number of hydrogen-bond donors (Lipinski definition) is 1. The molecule has 2 fully saturated rings. The van der Waals surface area contributed by atoms with Crippen LogP contribution >= 0.6 is 0 Å². The lowest BCUT2D eigenvalue weighted by Gasteiger charge is -2.26. The Labute approximate surface area is 166 Å². The average molecular weight is 383 g/mol. The van der Waals surface area contributed by atoms with Gasteiger partial charge < -0.3 is 10.1 Å². The first-order chi connectivity index (χ1) is 13.7. The Morgan fingerprint density at radius 3 is 2.71 bits per heavy atom. The molecule has 1 N–H and O–H groups in total. The van der Waals surface area contributed by atoms with Gasteiger partial charge in [0, 0.05) is 50.2 Å². The summed E-state index contributed by atoms with van der Waals surface area (Å²) in [5, 5.41) is 7.31. The number of likely N-dealkylation sites (tertiary alicyclic amines) is 1. The molecule has 0 radical (unpaired) electrons. The summed E-state index contributed by atoms with van der Waals surface area (Å²) >= 11 is 0. The number of nitrogens with one attached hydrogen (secondary N) is 1. The maximum absolute atomic E-state index is 12.6. The Kier molecular flexibility index (Phi) is 6.04. The Hall–Kier alpha value is -2.22. The van der Waals surface area contributed by atoms with Crippen molar-refractivity contribution in [1.29, 1.82) is 0 Å². The van der Waals surface area contributed by atoms with Crippen molar-refractivity contribution in [2.75, 3.05) is 44.7 Å². The first-order valence-electron chi connectivity index (χ1n) is 10.1. The molecule has 1 amide bonds. The Morgan fingerprint density at radius 1 is 1.21 bits per heavy atom. The van der Waals surface area contributed by atoms with Gasteiger partial charge in [0.25, 0.3) is 0 Å². The highest BCUT2D eigenvalue weighted by Crippen LogP contribution is 2.31. The summed E-state index contributed by atoms with van der Waals surface area (Å²) in [4.78, 5) is 17.2. The SMILES string of the molecule is Cn1cc(C2CCCN2CC(=O)Nc2ccc(CN3CCOCC3)cc2)cn1. The molecule has 2 saturated heterocycles. The van der Waals surface area contributed by atoms with Crippen LogP contribution in [0.1, 0.15) is 30.0 Å². The summed E-state index contributed by atoms with van der Waals surface area (Å²) in [6, 6.07) is 8.47. The highest BCUT2D eigenvalue weighted by atomic mass is 16.5. The van der Waals surface area contributed by atoms with E-state index in [0.717, 1.165) is 57.9 Å². The summed E-state index contributed by atoms with van der Waals surface area (Å²) < 4.78 is 7.22. The number of aryl methyl sites for hydroxylation is 1. The van der Waals surface area contributed by atoms with Crippen molar-refractivity contribution in [1.82, 2.24) is 19.6 Å². The summed E-state index contributed by atoms with van der Waals surface area (Å²) in [6.45, 7) is 5.87. The monoisotopic (exact) mass is 383 g/mol. The van der Waals surface area contributed by atoms with Crippen LogP contribution in [0.2, 0.25) is 0 Å². The number of rotatable bonds is 6. The van der Waals surface area contributed by atoms with Crippen molar-refractivity contribution in [3.63, 3.8) is 0 Å². The van der Waals surface area contributed by atoms with Crippen molar-refractivity contribution in [3.05, 3.63) is 47.8 Å². The summed E-state index contributed by atoms with van der Waals surface area (Å²) in [7, 11) is 1.93. The van der Waals surface area contributed by atoms with E-state index in [9.17, 15) is 4.79 Å². The lowest BCUT2D eigenvalue weighted by molar-refractivity contribution is -0.117. The quantitative estimate of drug-likeness (QED) is 0.827. The Bertz CT molecular complexity index is 782. The summed E-state index contributed by atoms with van der Waals surface area (Å²) in [6.07, 6.45) is 6.15. The van der Waals surface area contributed by atoms with E-state index in [0.29, 0.717) is 6.54 Å². The molecule has 2 aliphatic heterocycles. The molecule has 150 valence electrons. The normalized spacial score (nSPS) is 21.1. The van der Waals surface area contributed by atoms with Gasteiger partial charge in [0.1, 0.15) is 0 Å². The minimum absolute atomic E-state index is 0.0386. The topological polar surface area (TPSA) is 62.6 Å².